The number of benzene rings is 2. The van der Waals surface area contributed by atoms with Gasteiger partial charge in [-0.1, -0.05) is 31.2 Å². The molecule has 2 aromatic carbocycles. The molecule has 1 amide bonds. The van der Waals surface area contributed by atoms with E-state index in [2.05, 4.69) is 0 Å². The van der Waals surface area contributed by atoms with Crippen molar-refractivity contribution in [1.82, 2.24) is 0 Å². The largest absolute Gasteiger partial charge is 0.457 e. The van der Waals surface area contributed by atoms with Gasteiger partial charge in [-0.25, -0.2) is 0 Å². The molecule has 124 valence electrons. The van der Waals surface area contributed by atoms with Crippen LogP contribution in [0.15, 0.2) is 54.6 Å². The zero-order chi connectivity index (χ0) is 17.3. The molecule has 0 aromatic heterocycles. The molecule has 2 aromatic rings. The summed E-state index contributed by atoms with van der Waals surface area (Å²) in [6, 6.07) is 16.1. The number of rotatable bonds is 5. The molecule has 23 heavy (non-hydrogen) atoms. The van der Waals surface area contributed by atoms with E-state index in [-0.39, 0.29) is 5.75 Å². The average molecular weight is 337 g/mol. The van der Waals surface area contributed by atoms with Gasteiger partial charge in [0.2, 0.25) is 5.91 Å². The molecule has 2 rings (SSSR count). The van der Waals surface area contributed by atoms with Crippen LogP contribution in [0.1, 0.15) is 23.7 Å². The monoisotopic (exact) mass is 337 g/mol. The number of amides is 1. The lowest BCUT2D eigenvalue weighted by molar-refractivity contribution is 0.1000. The van der Waals surface area contributed by atoms with Gasteiger partial charge in [-0.15, -0.1) is 0 Å². The van der Waals surface area contributed by atoms with E-state index in [9.17, 15) is 13.2 Å². The standard InChI is InChI=1S/C13H11NO2.C3H8O3S/c14-13(15)10-5-4-8-12(9-10)16-11-6-2-1-3-7-11;1-2-3-7(4,5)6/h1-9H,(H2,14,15);2-3H2,1H3,(H,4,5,6). The molecule has 6 nitrogen and oxygen atoms in total. The van der Waals surface area contributed by atoms with Gasteiger partial charge in [0.05, 0.1) is 5.75 Å². The second-order valence-electron chi connectivity index (χ2n) is 4.59. The SMILES string of the molecule is CCCS(=O)(=O)O.NC(=O)c1cccc(Oc2ccccc2)c1. The van der Waals surface area contributed by atoms with Crippen molar-refractivity contribution in [2.24, 2.45) is 5.73 Å². The Labute approximate surface area is 135 Å². The number of nitrogens with two attached hydrogens (primary N) is 1. The fourth-order valence-electron chi connectivity index (χ4n) is 1.60. The third kappa shape index (κ3) is 7.98. The van der Waals surface area contributed by atoms with Crippen LogP contribution in [0, 0.1) is 0 Å². The molecule has 0 unspecified atom stereocenters. The summed E-state index contributed by atoms with van der Waals surface area (Å²) in [5.74, 6) is 0.734. The van der Waals surface area contributed by atoms with Crippen LogP contribution in [0.5, 0.6) is 11.5 Å². The Morgan fingerprint density at radius 2 is 1.70 bits per heavy atom. The van der Waals surface area contributed by atoms with Crippen molar-refractivity contribution in [3.05, 3.63) is 60.2 Å². The van der Waals surface area contributed by atoms with Crippen LogP contribution in [0.4, 0.5) is 0 Å². The van der Waals surface area contributed by atoms with Crippen LogP contribution in [0.3, 0.4) is 0 Å². The van der Waals surface area contributed by atoms with Gasteiger partial charge in [0.15, 0.2) is 0 Å². The van der Waals surface area contributed by atoms with Gasteiger partial charge in [-0.2, -0.15) is 8.42 Å². The van der Waals surface area contributed by atoms with Crippen LogP contribution >= 0.6 is 0 Å². The van der Waals surface area contributed by atoms with Crippen LogP contribution in [-0.4, -0.2) is 24.6 Å². The summed E-state index contributed by atoms with van der Waals surface area (Å²) in [6.07, 6.45) is 0.471. The summed E-state index contributed by atoms with van der Waals surface area (Å²) >= 11 is 0. The lowest BCUT2D eigenvalue weighted by atomic mass is 10.2. The number of ether oxygens (including phenoxy) is 1. The molecule has 3 N–H and O–H groups in total. The number of para-hydroxylation sites is 1. The first-order valence-corrected chi connectivity index (χ1v) is 8.50. The van der Waals surface area contributed by atoms with Gasteiger partial charge in [-0.3, -0.25) is 9.35 Å². The quantitative estimate of drug-likeness (QED) is 0.816. The summed E-state index contributed by atoms with van der Waals surface area (Å²) in [6.45, 7) is 1.69. The summed E-state index contributed by atoms with van der Waals surface area (Å²) in [4.78, 5) is 11.0. The number of carbonyl (C=O) groups excluding carboxylic acids is 1. The van der Waals surface area contributed by atoms with Gasteiger partial charge in [-0.05, 0) is 36.8 Å². The van der Waals surface area contributed by atoms with Gasteiger partial charge in [0.25, 0.3) is 10.1 Å². The van der Waals surface area contributed by atoms with Crippen LogP contribution in [0.25, 0.3) is 0 Å². The van der Waals surface area contributed by atoms with E-state index in [1.54, 1.807) is 31.2 Å². The maximum atomic E-state index is 11.0. The van der Waals surface area contributed by atoms with Crippen molar-refractivity contribution in [2.45, 2.75) is 13.3 Å². The Balaban J connectivity index is 0.000000322. The van der Waals surface area contributed by atoms with E-state index < -0.39 is 16.0 Å². The molecule has 7 heteroatoms. The summed E-state index contributed by atoms with van der Waals surface area (Å²) in [7, 11) is -3.67. The Bertz CT molecular complexity index is 729. The highest BCUT2D eigenvalue weighted by Crippen LogP contribution is 2.21. The predicted octanol–water partition coefficient (Wildman–Crippen LogP) is 2.86. The molecule has 0 radical (unpaired) electrons. The smallest absolute Gasteiger partial charge is 0.264 e. The van der Waals surface area contributed by atoms with Crippen molar-refractivity contribution in [3.8, 4) is 11.5 Å². The first-order chi connectivity index (χ1) is 10.8. The Morgan fingerprint density at radius 1 is 1.09 bits per heavy atom. The third-order valence-electron chi connectivity index (χ3n) is 2.56. The van der Waals surface area contributed by atoms with E-state index in [1.165, 1.54) is 0 Å². The lowest BCUT2D eigenvalue weighted by Gasteiger charge is -2.05. The summed E-state index contributed by atoms with van der Waals surface area (Å²) < 4.78 is 33.1. The Hall–Kier alpha value is -2.38. The zero-order valence-corrected chi connectivity index (χ0v) is 13.5. The van der Waals surface area contributed by atoms with E-state index in [4.69, 9.17) is 15.0 Å². The normalized spacial score (nSPS) is 10.3. The molecule has 0 bridgehead atoms. The number of hydrogen-bond donors (Lipinski definition) is 2. The van der Waals surface area contributed by atoms with E-state index in [0.717, 1.165) is 5.75 Å². The van der Waals surface area contributed by atoms with E-state index >= 15 is 0 Å². The van der Waals surface area contributed by atoms with Crippen molar-refractivity contribution >= 4 is 16.0 Å². The minimum absolute atomic E-state index is 0.132. The highest BCUT2D eigenvalue weighted by atomic mass is 32.2. The van der Waals surface area contributed by atoms with E-state index in [1.807, 2.05) is 30.3 Å². The van der Waals surface area contributed by atoms with Crippen molar-refractivity contribution < 1.29 is 22.5 Å². The first-order valence-electron chi connectivity index (χ1n) is 6.89. The molecular formula is C16H19NO5S. The maximum Gasteiger partial charge on any atom is 0.264 e. The Morgan fingerprint density at radius 3 is 2.17 bits per heavy atom. The van der Waals surface area contributed by atoms with Crippen LogP contribution < -0.4 is 10.5 Å². The topological polar surface area (TPSA) is 107 Å². The van der Waals surface area contributed by atoms with Gasteiger partial charge < -0.3 is 10.5 Å². The van der Waals surface area contributed by atoms with E-state index in [0.29, 0.717) is 17.7 Å². The third-order valence-corrected chi connectivity index (χ3v) is 3.48. The average Bonchev–Trinajstić information content (AvgIpc) is 2.48. The summed E-state index contributed by atoms with van der Waals surface area (Å²) in [5, 5.41) is 0. The maximum absolute atomic E-state index is 11.0. The number of primary amides is 1. The van der Waals surface area contributed by atoms with Crippen molar-refractivity contribution in [1.29, 1.82) is 0 Å². The molecule has 0 spiro atoms. The summed E-state index contributed by atoms with van der Waals surface area (Å²) in [5.41, 5.74) is 5.62. The second kappa shape index (κ2) is 8.92. The molecular weight excluding hydrogens is 318 g/mol. The Kier molecular flexibility index (Phi) is 7.24. The van der Waals surface area contributed by atoms with Gasteiger partial charge in [0.1, 0.15) is 11.5 Å². The fourth-order valence-corrected chi connectivity index (χ4v) is 2.11. The van der Waals surface area contributed by atoms with Gasteiger partial charge >= 0.3 is 0 Å². The second-order valence-corrected chi connectivity index (χ2v) is 6.17. The molecule has 0 aliphatic carbocycles. The van der Waals surface area contributed by atoms with Crippen molar-refractivity contribution in [3.63, 3.8) is 0 Å². The molecule has 0 aliphatic heterocycles. The fraction of sp³-hybridized carbons (Fsp3) is 0.188. The lowest BCUT2D eigenvalue weighted by Crippen LogP contribution is -2.10. The molecule has 0 saturated heterocycles. The number of carbonyl (C=O) groups is 1. The van der Waals surface area contributed by atoms with Crippen molar-refractivity contribution in [2.75, 3.05) is 5.75 Å². The highest BCUT2D eigenvalue weighted by molar-refractivity contribution is 7.85. The highest BCUT2D eigenvalue weighted by Gasteiger charge is 2.02. The first kappa shape index (κ1) is 18.7. The predicted molar refractivity (Wildman–Crippen MR) is 88.2 cm³/mol. The molecule has 0 saturated carbocycles. The minimum Gasteiger partial charge on any atom is -0.457 e. The van der Waals surface area contributed by atoms with Crippen LogP contribution in [-0.2, 0) is 10.1 Å². The number of hydrogen-bond acceptors (Lipinski definition) is 4. The van der Waals surface area contributed by atoms with Crippen LogP contribution in [0.2, 0.25) is 0 Å². The molecule has 0 fully saturated rings. The molecule has 0 heterocycles. The zero-order valence-electron chi connectivity index (χ0n) is 12.7. The van der Waals surface area contributed by atoms with Gasteiger partial charge in [0, 0.05) is 5.56 Å². The minimum atomic E-state index is -3.67. The molecule has 0 aliphatic rings. The molecule has 0 atom stereocenters.